The molecule has 1 aromatic carbocycles. The Labute approximate surface area is 184 Å². The van der Waals surface area contributed by atoms with Crippen LogP contribution < -0.4 is 21.1 Å². The van der Waals surface area contributed by atoms with Crippen molar-refractivity contribution in [1.29, 1.82) is 5.41 Å². The molecule has 2 amide bonds. The molecule has 8 heteroatoms. The molecule has 2 aliphatic rings. The fraction of sp³-hybridized carbons (Fsp3) is 0.609. The molecule has 0 unspecified atom stereocenters. The summed E-state index contributed by atoms with van der Waals surface area (Å²) in [7, 11) is 0. The fourth-order valence-electron chi connectivity index (χ4n) is 4.44. The highest BCUT2D eigenvalue weighted by Gasteiger charge is 2.34. The van der Waals surface area contributed by atoms with E-state index in [1.807, 2.05) is 13.0 Å². The monoisotopic (exact) mass is 429 g/mol. The van der Waals surface area contributed by atoms with Crippen LogP contribution in [0.25, 0.3) is 0 Å². The number of hydrogen-bond acceptors (Lipinski definition) is 5. The first-order valence-corrected chi connectivity index (χ1v) is 11.4. The highest BCUT2D eigenvalue weighted by atomic mass is 16.5. The van der Waals surface area contributed by atoms with E-state index in [-0.39, 0.29) is 17.6 Å². The second-order valence-electron chi connectivity index (χ2n) is 8.35. The molecule has 0 bridgehead atoms. The normalized spacial score (nSPS) is 19.3. The van der Waals surface area contributed by atoms with Gasteiger partial charge in [0.2, 0.25) is 11.8 Å². The highest BCUT2D eigenvalue weighted by Crippen LogP contribution is 2.22. The van der Waals surface area contributed by atoms with Gasteiger partial charge in [-0.05, 0) is 38.7 Å². The molecule has 1 heterocycles. The number of nitrogens with two attached hydrogens (primary N) is 1. The molecule has 0 aromatic heterocycles. The minimum Gasteiger partial charge on any atom is -0.494 e. The second kappa shape index (κ2) is 11.1. The van der Waals surface area contributed by atoms with Crippen LogP contribution in [0, 0.1) is 5.41 Å². The Bertz CT molecular complexity index is 791. The van der Waals surface area contributed by atoms with Crippen LogP contribution in [0.1, 0.15) is 63.0 Å². The van der Waals surface area contributed by atoms with E-state index in [4.69, 9.17) is 15.9 Å². The van der Waals surface area contributed by atoms with Gasteiger partial charge in [-0.2, -0.15) is 0 Å². The molecule has 31 heavy (non-hydrogen) atoms. The second-order valence-corrected chi connectivity index (χ2v) is 8.35. The molecule has 170 valence electrons. The van der Waals surface area contributed by atoms with E-state index in [1.54, 1.807) is 17.0 Å². The van der Waals surface area contributed by atoms with E-state index in [0.29, 0.717) is 50.0 Å². The Hall–Kier alpha value is -2.61. The minimum absolute atomic E-state index is 0.00374. The van der Waals surface area contributed by atoms with Crippen LogP contribution >= 0.6 is 0 Å². The number of nitrogens with one attached hydrogen (secondary N) is 3. The number of benzene rings is 1. The average molecular weight is 430 g/mol. The molecule has 0 radical (unpaired) electrons. The Morgan fingerprint density at radius 1 is 1.19 bits per heavy atom. The molecule has 1 atom stereocenters. The number of nitrogen functional groups attached to an aromatic ring is 1. The molecule has 8 nitrogen and oxygen atoms in total. The predicted molar refractivity (Wildman–Crippen MR) is 120 cm³/mol. The summed E-state index contributed by atoms with van der Waals surface area (Å²) in [6.07, 6.45) is 7.50. The molecular formula is C23H35N5O3. The van der Waals surface area contributed by atoms with Gasteiger partial charge in [0.05, 0.1) is 13.2 Å². The van der Waals surface area contributed by atoms with E-state index >= 15 is 0 Å². The summed E-state index contributed by atoms with van der Waals surface area (Å²) in [6.45, 7) is 3.58. The van der Waals surface area contributed by atoms with E-state index in [0.717, 1.165) is 24.8 Å². The van der Waals surface area contributed by atoms with Gasteiger partial charge < -0.3 is 26.0 Å². The SMILES string of the molecule is CCOc1cc(C(=N)N)ccc1CNC(=O)[C@@H]1CCCN1C(=O)CNC1CCCCC1. The van der Waals surface area contributed by atoms with Gasteiger partial charge in [-0.1, -0.05) is 31.4 Å². The molecule has 5 N–H and O–H groups in total. The summed E-state index contributed by atoms with van der Waals surface area (Å²) in [4.78, 5) is 27.3. The number of ether oxygens (including phenoxy) is 1. The van der Waals surface area contributed by atoms with Crippen LogP contribution in [0.15, 0.2) is 18.2 Å². The van der Waals surface area contributed by atoms with Gasteiger partial charge >= 0.3 is 0 Å². The summed E-state index contributed by atoms with van der Waals surface area (Å²) in [5.74, 6) is 0.440. The van der Waals surface area contributed by atoms with Gasteiger partial charge in [-0.15, -0.1) is 0 Å². The molecule has 1 saturated heterocycles. The van der Waals surface area contributed by atoms with Gasteiger partial charge in [-0.3, -0.25) is 15.0 Å². The predicted octanol–water partition coefficient (Wildman–Crippen LogP) is 1.90. The molecule has 1 aliphatic carbocycles. The third-order valence-electron chi connectivity index (χ3n) is 6.15. The van der Waals surface area contributed by atoms with Crippen molar-refractivity contribution in [1.82, 2.24) is 15.5 Å². The van der Waals surface area contributed by atoms with Crippen molar-refractivity contribution < 1.29 is 14.3 Å². The minimum atomic E-state index is -0.423. The van der Waals surface area contributed by atoms with Crippen molar-refractivity contribution in [2.45, 2.75) is 70.5 Å². The maximum atomic E-state index is 12.9. The summed E-state index contributed by atoms with van der Waals surface area (Å²) in [5, 5.41) is 13.9. The third kappa shape index (κ3) is 6.19. The first-order valence-electron chi connectivity index (χ1n) is 11.4. The lowest BCUT2D eigenvalue weighted by Crippen LogP contribution is -2.49. The van der Waals surface area contributed by atoms with Crippen molar-refractivity contribution in [3.05, 3.63) is 29.3 Å². The smallest absolute Gasteiger partial charge is 0.243 e. The number of carbonyl (C=O) groups is 2. The standard InChI is InChI=1S/C23H35N5O3/c1-2-31-20-13-16(22(24)25)10-11-17(20)14-27-23(30)19-9-6-12-28(19)21(29)15-26-18-7-4-3-5-8-18/h10-11,13,18-19,26H,2-9,12,14-15H2,1H3,(H3,24,25)(H,27,30)/t19-/m0/s1. The van der Waals surface area contributed by atoms with Crippen molar-refractivity contribution >= 4 is 17.6 Å². The maximum absolute atomic E-state index is 12.9. The lowest BCUT2D eigenvalue weighted by Gasteiger charge is -2.27. The third-order valence-corrected chi connectivity index (χ3v) is 6.15. The van der Waals surface area contributed by atoms with Gasteiger partial charge in [0.15, 0.2) is 0 Å². The van der Waals surface area contributed by atoms with E-state index in [2.05, 4.69) is 10.6 Å². The number of amides is 2. The van der Waals surface area contributed by atoms with Crippen LogP contribution in [0.4, 0.5) is 0 Å². The van der Waals surface area contributed by atoms with Crippen LogP contribution in [0.3, 0.4) is 0 Å². The molecule has 2 fully saturated rings. The Balaban J connectivity index is 1.55. The van der Waals surface area contributed by atoms with Gasteiger partial charge in [0, 0.05) is 30.3 Å². The molecular weight excluding hydrogens is 394 g/mol. The zero-order chi connectivity index (χ0) is 22.2. The number of hydrogen-bond donors (Lipinski definition) is 4. The number of rotatable bonds is 9. The molecule has 1 aromatic rings. The van der Waals surface area contributed by atoms with Crippen molar-refractivity contribution in [2.24, 2.45) is 5.73 Å². The van der Waals surface area contributed by atoms with Crippen LogP contribution in [-0.4, -0.2) is 54.3 Å². The zero-order valence-electron chi connectivity index (χ0n) is 18.4. The summed E-state index contributed by atoms with van der Waals surface area (Å²) in [5.41, 5.74) is 6.96. The topological polar surface area (TPSA) is 121 Å². The largest absolute Gasteiger partial charge is 0.494 e. The van der Waals surface area contributed by atoms with Crippen LogP contribution in [0.5, 0.6) is 5.75 Å². The molecule has 3 rings (SSSR count). The molecule has 1 saturated carbocycles. The lowest BCUT2D eigenvalue weighted by molar-refractivity contribution is -0.138. The van der Waals surface area contributed by atoms with E-state index < -0.39 is 6.04 Å². The molecule has 1 aliphatic heterocycles. The number of likely N-dealkylation sites (tertiary alicyclic amines) is 1. The summed E-state index contributed by atoms with van der Waals surface area (Å²) >= 11 is 0. The average Bonchev–Trinajstić information content (AvgIpc) is 3.27. The van der Waals surface area contributed by atoms with E-state index in [9.17, 15) is 9.59 Å². The van der Waals surface area contributed by atoms with Crippen LogP contribution in [0.2, 0.25) is 0 Å². The first-order chi connectivity index (χ1) is 15.0. The summed E-state index contributed by atoms with van der Waals surface area (Å²) < 4.78 is 5.66. The van der Waals surface area contributed by atoms with Gasteiger partial charge in [0.1, 0.15) is 17.6 Å². The van der Waals surface area contributed by atoms with Crippen molar-refractivity contribution in [3.63, 3.8) is 0 Å². The maximum Gasteiger partial charge on any atom is 0.243 e. The quantitative estimate of drug-likeness (QED) is 0.353. The van der Waals surface area contributed by atoms with Crippen LogP contribution in [-0.2, 0) is 16.1 Å². The Morgan fingerprint density at radius 2 is 1.97 bits per heavy atom. The fourth-order valence-corrected chi connectivity index (χ4v) is 4.44. The Kier molecular flexibility index (Phi) is 8.28. The zero-order valence-corrected chi connectivity index (χ0v) is 18.4. The number of nitrogens with zero attached hydrogens (tertiary/aromatic N) is 1. The number of carbonyl (C=O) groups excluding carboxylic acids is 2. The van der Waals surface area contributed by atoms with E-state index in [1.165, 1.54) is 19.3 Å². The molecule has 0 spiro atoms. The highest BCUT2D eigenvalue weighted by molar-refractivity contribution is 5.95. The van der Waals surface area contributed by atoms with Crippen molar-refractivity contribution in [3.8, 4) is 5.75 Å². The van der Waals surface area contributed by atoms with Crippen molar-refractivity contribution in [2.75, 3.05) is 19.7 Å². The Morgan fingerprint density at radius 3 is 2.68 bits per heavy atom. The summed E-state index contributed by atoms with van der Waals surface area (Å²) in [6, 6.07) is 5.27. The lowest BCUT2D eigenvalue weighted by atomic mass is 9.95. The number of amidine groups is 1. The van der Waals surface area contributed by atoms with Gasteiger partial charge in [-0.25, -0.2) is 0 Å². The first kappa shape index (κ1) is 23.1. The van der Waals surface area contributed by atoms with Gasteiger partial charge in [0.25, 0.3) is 0 Å².